The molecule has 0 spiro atoms. The Morgan fingerprint density at radius 1 is 1.00 bits per heavy atom. The first-order chi connectivity index (χ1) is 11.7. The second-order valence-electron chi connectivity index (χ2n) is 5.32. The number of hydrogen-bond donors (Lipinski definition) is 2. The van der Waals surface area contributed by atoms with Crippen LogP contribution in [0.1, 0.15) is 28.8 Å². The van der Waals surface area contributed by atoms with E-state index in [1.54, 1.807) is 24.3 Å². The van der Waals surface area contributed by atoms with Gasteiger partial charge in [-0.3, -0.25) is 9.59 Å². The van der Waals surface area contributed by atoms with Crippen molar-refractivity contribution < 1.29 is 9.59 Å². The van der Waals surface area contributed by atoms with Crippen LogP contribution in [0.15, 0.2) is 54.6 Å². The first-order valence-electron chi connectivity index (χ1n) is 7.85. The highest BCUT2D eigenvalue weighted by Crippen LogP contribution is 2.15. The summed E-state index contributed by atoms with van der Waals surface area (Å²) in [7, 11) is 0. The van der Waals surface area contributed by atoms with Gasteiger partial charge in [0.25, 0.3) is 5.91 Å². The van der Waals surface area contributed by atoms with Crippen LogP contribution >= 0.6 is 0 Å². The van der Waals surface area contributed by atoms with Crippen molar-refractivity contribution in [3.05, 3.63) is 65.7 Å². The molecule has 0 aliphatic carbocycles. The van der Waals surface area contributed by atoms with E-state index in [-0.39, 0.29) is 18.4 Å². The van der Waals surface area contributed by atoms with Crippen LogP contribution in [0.5, 0.6) is 0 Å². The molecule has 0 fully saturated rings. The summed E-state index contributed by atoms with van der Waals surface area (Å²) in [5.74, 6) is 1.95. The van der Waals surface area contributed by atoms with E-state index >= 15 is 0 Å². The Kier molecular flexibility index (Phi) is 6.60. The second kappa shape index (κ2) is 9.16. The summed E-state index contributed by atoms with van der Waals surface area (Å²) in [5.41, 5.74) is 2.11. The summed E-state index contributed by atoms with van der Waals surface area (Å²) in [6, 6.07) is 16.9. The molecule has 0 aliphatic rings. The average molecular weight is 320 g/mol. The summed E-state index contributed by atoms with van der Waals surface area (Å²) >= 11 is 0. The number of benzene rings is 2. The number of terminal acetylenes is 1. The number of carbonyl (C=O) groups excluding carboxylic acids is 2. The van der Waals surface area contributed by atoms with Gasteiger partial charge in [0.1, 0.15) is 0 Å². The van der Waals surface area contributed by atoms with E-state index in [1.165, 1.54) is 5.56 Å². The molecule has 4 nitrogen and oxygen atoms in total. The number of carbonyl (C=O) groups is 2. The fraction of sp³-hybridized carbons (Fsp3) is 0.200. The molecule has 2 aromatic rings. The molecule has 0 bridgehead atoms. The molecule has 2 N–H and O–H groups in total. The van der Waals surface area contributed by atoms with Gasteiger partial charge in [0.05, 0.1) is 17.8 Å². The van der Waals surface area contributed by atoms with E-state index in [1.807, 2.05) is 30.3 Å². The summed E-state index contributed by atoms with van der Waals surface area (Å²) in [5, 5.41) is 5.40. The number of hydrogen-bond acceptors (Lipinski definition) is 2. The Bertz CT molecular complexity index is 733. The summed E-state index contributed by atoms with van der Waals surface area (Å²) in [4.78, 5) is 24.2. The molecule has 2 amide bonds. The molecule has 4 heteroatoms. The van der Waals surface area contributed by atoms with E-state index in [0.29, 0.717) is 17.7 Å². The second-order valence-corrected chi connectivity index (χ2v) is 5.32. The Morgan fingerprint density at radius 2 is 1.71 bits per heavy atom. The van der Waals surface area contributed by atoms with Gasteiger partial charge >= 0.3 is 0 Å². The highest BCUT2D eigenvalue weighted by molar-refractivity contribution is 6.03. The molecule has 0 aromatic heterocycles. The van der Waals surface area contributed by atoms with Crippen LogP contribution in [0.2, 0.25) is 0 Å². The van der Waals surface area contributed by atoms with Crippen molar-refractivity contribution >= 4 is 17.5 Å². The highest BCUT2D eigenvalue weighted by Gasteiger charge is 2.12. The van der Waals surface area contributed by atoms with Gasteiger partial charge < -0.3 is 10.6 Å². The van der Waals surface area contributed by atoms with Crippen molar-refractivity contribution in [2.45, 2.75) is 19.3 Å². The van der Waals surface area contributed by atoms with Crippen LogP contribution in [0.25, 0.3) is 0 Å². The predicted octanol–water partition coefficient (Wildman–Crippen LogP) is 3.01. The van der Waals surface area contributed by atoms with Gasteiger partial charge in [0.2, 0.25) is 5.91 Å². The molecule has 122 valence electrons. The summed E-state index contributed by atoms with van der Waals surface area (Å²) in [6.45, 7) is 0.151. The van der Waals surface area contributed by atoms with E-state index in [2.05, 4.69) is 16.6 Å². The van der Waals surface area contributed by atoms with Crippen LogP contribution in [0.4, 0.5) is 5.69 Å². The summed E-state index contributed by atoms with van der Waals surface area (Å²) < 4.78 is 0. The van der Waals surface area contributed by atoms with Crippen molar-refractivity contribution in [3.8, 4) is 12.3 Å². The maximum atomic E-state index is 12.1. The Morgan fingerprint density at radius 3 is 2.46 bits per heavy atom. The zero-order chi connectivity index (χ0) is 17.2. The predicted molar refractivity (Wildman–Crippen MR) is 95.6 cm³/mol. The first-order valence-corrected chi connectivity index (χ1v) is 7.85. The van der Waals surface area contributed by atoms with Crippen LogP contribution in [-0.4, -0.2) is 18.4 Å². The molecule has 0 unspecified atom stereocenters. The van der Waals surface area contributed by atoms with E-state index in [4.69, 9.17) is 6.42 Å². The zero-order valence-corrected chi connectivity index (χ0v) is 13.4. The molecule has 0 radical (unpaired) electrons. The third kappa shape index (κ3) is 5.29. The standard InChI is InChI=1S/C20H20N2O2/c1-2-15-21-20(24)17-12-6-7-13-18(17)22-19(23)14-8-11-16-9-4-3-5-10-16/h1,3-7,9-10,12-13H,8,11,14-15H2,(H,21,24)(H,22,23). The maximum Gasteiger partial charge on any atom is 0.254 e. The number of anilines is 1. The molecule has 2 aromatic carbocycles. The lowest BCUT2D eigenvalue weighted by Gasteiger charge is -2.10. The van der Waals surface area contributed by atoms with Gasteiger partial charge in [-0.1, -0.05) is 48.4 Å². The van der Waals surface area contributed by atoms with Gasteiger partial charge in [-0.05, 0) is 30.5 Å². The Hall–Kier alpha value is -3.06. The fourth-order valence-electron chi connectivity index (χ4n) is 2.33. The molecule has 0 atom stereocenters. The maximum absolute atomic E-state index is 12.1. The molecule has 24 heavy (non-hydrogen) atoms. The number of amides is 2. The van der Waals surface area contributed by atoms with Gasteiger partial charge in [0, 0.05) is 6.42 Å². The molecule has 0 heterocycles. The number of nitrogens with one attached hydrogen (secondary N) is 2. The quantitative estimate of drug-likeness (QED) is 0.771. The largest absolute Gasteiger partial charge is 0.341 e. The number of para-hydroxylation sites is 1. The Labute approximate surface area is 142 Å². The average Bonchev–Trinajstić information content (AvgIpc) is 2.61. The van der Waals surface area contributed by atoms with E-state index in [0.717, 1.165) is 12.8 Å². The minimum absolute atomic E-state index is 0.108. The zero-order valence-electron chi connectivity index (χ0n) is 13.4. The SMILES string of the molecule is C#CCNC(=O)c1ccccc1NC(=O)CCCc1ccccc1. The Balaban J connectivity index is 1.89. The van der Waals surface area contributed by atoms with Crippen molar-refractivity contribution in [3.63, 3.8) is 0 Å². The van der Waals surface area contributed by atoms with Crippen LogP contribution in [-0.2, 0) is 11.2 Å². The van der Waals surface area contributed by atoms with Gasteiger partial charge in [-0.15, -0.1) is 6.42 Å². The van der Waals surface area contributed by atoms with Crippen LogP contribution < -0.4 is 10.6 Å². The number of aryl methyl sites for hydroxylation is 1. The van der Waals surface area contributed by atoms with Gasteiger partial charge in [-0.2, -0.15) is 0 Å². The highest BCUT2D eigenvalue weighted by atomic mass is 16.2. The normalized spacial score (nSPS) is 9.79. The molecular weight excluding hydrogens is 300 g/mol. The molecule has 0 saturated heterocycles. The number of rotatable bonds is 7. The summed E-state index contributed by atoms with van der Waals surface area (Å²) in [6.07, 6.45) is 7.14. The van der Waals surface area contributed by atoms with Crippen LogP contribution in [0, 0.1) is 12.3 Å². The topological polar surface area (TPSA) is 58.2 Å². The van der Waals surface area contributed by atoms with Crippen molar-refractivity contribution in [1.82, 2.24) is 5.32 Å². The lowest BCUT2D eigenvalue weighted by molar-refractivity contribution is -0.116. The van der Waals surface area contributed by atoms with Crippen LogP contribution in [0.3, 0.4) is 0 Å². The fourth-order valence-corrected chi connectivity index (χ4v) is 2.33. The minimum atomic E-state index is -0.298. The van der Waals surface area contributed by atoms with Crippen molar-refractivity contribution in [2.75, 3.05) is 11.9 Å². The van der Waals surface area contributed by atoms with E-state index < -0.39 is 0 Å². The molecule has 0 aliphatic heterocycles. The smallest absolute Gasteiger partial charge is 0.254 e. The van der Waals surface area contributed by atoms with Crippen molar-refractivity contribution in [2.24, 2.45) is 0 Å². The third-order valence-electron chi connectivity index (χ3n) is 3.51. The lowest BCUT2D eigenvalue weighted by atomic mass is 10.1. The van der Waals surface area contributed by atoms with Gasteiger partial charge in [0.15, 0.2) is 0 Å². The third-order valence-corrected chi connectivity index (χ3v) is 3.51. The first kappa shape index (κ1) is 17.3. The minimum Gasteiger partial charge on any atom is -0.341 e. The van der Waals surface area contributed by atoms with E-state index in [9.17, 15) is 9.59 Å². The lowest BCUT2D eigenvalue weighted by Crippen LogP contribution is -2.25. The molecule has 2 rings (SSSR count). The monoisotopic (exact) mass is 320 g/mol. The molecular formula is C20H20N2O2. The van der Waals surface area contributed by atoms with Gasteiger partial charge in [-0.25, -0.2) is 0 Å². The molecule has 0 saturated carbocycles. The van der Waals surface area contributed by atoms with Crippen molar-refractivity contribution in [1.29, 1.82) is 0 Å².